The Kier molecular flexibility index (Phi) is 4.40. The molecular weight excluding hydrogens is 224 g/mol. The van der Waals surface area contributed by atoms with Gasteiger partial charge in [-0.1, -0.05) is 50.1 Å². The van der Waals surface area contributed by atoms with Gasteiger partial charge in [0.05, 0.1) is 5.92 Å². The molecule has 98 valence electrons. The van der Waals surface area contributed by atoms with Gasteiger partial charge in [-0.3, -0.25) is 4.79 Å². The minimum atomic E-state index is -0.627. The molecule has 3 atom stereocenters. The molecule has 2 nitrogen and oxygen atoms in total. The second kappa shape index (κ2) is 6.03. The highest BCUT2D eigenvalue weighted by molar-refractivity contribution is 5.70. The molecule has 0 spiro atoms. The Morgan fingerprint density at radius 1 is 1.33 bits per heavy atom. The van der Waals surface area contributed by atoms with Crippen molar-refractivity contribution in [2.24, 2.45) is 17.8 Å². The maximum absolute atomic E-state index is 11.5. The van der Waals surface area contributed by atoms with Gasteiger partial charge in [-0.2, -0.15) is 0 Å². The average molecular weight is 246 g/mol. The van der Waals surface area contributed by atoms with Gasteiger partial charge in [-0.05, 0) is 36.7 Å². The number of rotatable bonds is 4. The number of carboxylic acid groups (broad SMARTS) is 1. The van der Waals surface area contributed by atoms with E-state index in [0.29, 0.717) is 18.3 Å². The summed E-state index contributed by atoms with van der Waals surface area (Å²) in [5.74, 6) is 0.195. The molecule has 0 aliphatic heterocycles. The van der Waals surface area contributed by atoms with Crippen molar-refractivity contribution in [3.63, 3.8) is 0 Å². The first-order chi connectivity index (χ1) is 8.66. The molecule has 1 aliphatic rings. The predicted octanol–water partition coefficient (Wildman–Crippen LogP) is 3.76. The summed E-state index contributed by atoms with van der Waals surface area (Å²) in [7, 11) is 0. The normalized spacial score (nSPS) is 25.6. The molecule has 1 N–H and O–H groups in total. The fourth-order valence-electron chi connectivity index (χ4n) is 3.17. The monoisotopic (exact) mass is 246 g/mol. The highest BCUT2D eigenvalue weighted by Gasteiger charge is 2.31. The van der Waals surface area contributed by atoms with Gasteiger partial charge in [0, 0.05) is 0 Å². The number of benzene rings is 1. The predicted molar refractivity (Wildman–Crippen MR) is 72.4 cm³/mol. The quantitative estimate of drug-likeness (QED) is 0.878. The summed E-state index contributed by atoms with van der Waals surface area (Å²) in [6.07, 6.45) is 5.27. The van der Waals surface area contributed by atoms with Crippen molar-refractivity contribution in [3.05, 3.63) is 35.9 Å². The Morgan fingerprint density at radius 2 is 2.06 bits per heavy atom. The van der Waals surface area contributed by atoms with E-state index in [1.807, 2.05) is 30.3 Å². The Balaban J connectivity index is 2.06. The van der Waals surface area contributed by atoms with Crippen LogP contribution in [0.25, 0.3) is 0 Å². The molecule has 0 saturated heterocycles. The lowest BCUT2D eigenvalue weighted by Crippen LogP contribution is -2.29. The molecule has 1 aliphatic carbocycles. The van der Waals surface area contributed by atoms with Crippen molar-refractivity contribution in [1.82, 2.24) is 0 Å². The van der Waals surface area contributed by atoms with Gasteiger partial charge in [0.2, 0.25) is 0 Å². The molecule has 0 radical (unpaired) electrons. The zero-order chi connectivity index (χ0) is 13.0. The summed E-state index contributed by atoms with van der Waals surface area (Å²) in [4.78, 5) is 11.5. The SMILES string of the molecule is CC1CCCC(C(Cc2ccccc2)C(=O)O)C1. The van der Waals surface area contributed by atoms with E-state index in [2.05, 4.69) is 6.92 Å². The number of hydrogen-bond donors (Lipinski definition) is 1. The van der Waals surface area contributed by atoms with E-state index in [9.17, 15) is 9.90 Å². The molecule has 0 amide bonds. The highest BCUT2D eigenvalue weighted by atomic mass is 16.4. The van der Waals surface area contributed by atoms with Crippen molar-refractivity contribution < 1.29 is 9.90 Å². The van der Waals surface area contributed by atoms with E-state index in [4.69, 9.17) is 0 Å². The molecule has 0 bridgehead atoms. The van der Waals surface area contributed by atoms with Crippen LogP contribution in [0, 0.1) is 17.8 Å². The summed E-state index contributed by atoms with van der Waals surface area (Å²) in [6, 6.07) is 10.0. The lowest BCUT2D eigenvalue weighted by atomic mass is 9.74. The average Bonchev–Trinajstić information content (AvgIpc) is 2.37. The van der Waals surface area contributed by atoms with E-state index in [1.54, 1.807) is 0 Å². The van der Waals surface area contributed by atoms with Crippen molar-refractivity contribution in [2.75, 3.05) is 0 Å². The van der Waals surface area contributed by atoms with Gasteiger partial charge >= 0.3 is 5.97 Å². The zero-order valence-corrected chi connectivity index (χ0v) is 11.0. The van der Waals surface area contributed by atoms with Crippen LogP contribution in [0.2, 0.25) is 0 Å². The molecule has 1 aromatic carbocycles. The number of aliphatic carboxylic acids is 1. The second-order valence-electron chi connectivity index (χ2n) is 5.67. The maximum atomic E-state index is 11.5. The molecule has 0 aromatic heterocycles. The molecule has 0 heterocycles. The van der Waals surface area contributed by atoms with Gasteiger partial charge in [0.25, 0.3) is 0 Å². The van der Waals surface area contributed by atoms with E-state index in [-0.39, 0.29) is 5.92 Å². The Labute approximate surface area is 109 Å². The van der Waals surface area contributed by atoms with Crippen LogP contribution in [0.3, 0.4) is 0 Å². The Morgan fingerprint density at radius 3 is 2.67 bits per heavy atom. The summed E-state index contributed by atoms with van der Waals surface area (Å²) < 4.78 is 0. The van der Waals surface area contributed by atoms with Crippen LogP contribution >= 0.6 is 0 Å². The molecule has 18 heavy (non-hydrogen) atoms. The molecule has 1 saturated carbocycles. The summed E-state index contributed by atoms with van der Waals surface area (Å²) in [5, 5.41) is 9.47. The number of carboxylic acids is 1. The summed E-state index contributed by atoms with van der Waals surface area (Å²) in [6.45, 7) is 2.24. The van der Waals surface area contributed by atoms with Gasteiger partial charge < -0.3 is 5.11 Å². The van der Waals surface area contributed by atoms with Crippen molar-refractivity contribution in [2.45, 2.75) is 39.0 Å². The summed E-state index contributed by atoms with van der Waals surface area (Å²) in [5.41, 5.74) is 1.14. The smallest absolute Gasteiger partial charge is 0.307 e. The third kappa shape index (κ3) is 3.34. The lowest BCUT2D eigenvalue weighted by molar-refractivity contribution is -0.144. The first-order valence-electron chi connectivity index (χ1n) is 6.93. The minimum Gasteiger partial charge on any atom is -0.481 e. The fraction of sp³-hybridized carbons (Fsp3) is 0.562. The van der Waals surface area contributed by atoms with Crippen molar-refractivity contribution >= 4 is 5.97 Å². The van der Waals surface area contributed by atoms with Crippen LogP contribution in [-0.4, -0.2) is 11.1 Å². The van der Waals surface area contributed by atoms with Crippen molar-refractivity contribution in [3.8, 4) is 0 Å². The largest absolute Gasteiger partial charge is 0.481 e. The number of hydrogen-bond acceptors (Lipinski definition) is 1. The van der Waals surface area contributed by atoms with Gasteiger partial charge in [0.15, 0.2) is 0 Å². The first-order valence-corrected chi connectivity index (χ1v) is 6.93. The van der Waals surface area contributed by atoms with E-state index in [0.717, 1.165) is 18.4 Å². The van der Waals surface area contributed by atoms with E-state index >= 15 is 0 Å². The summed E-state index contributed by atoms with van der Waals surface area (Å²) >= 11 is 0. The topological polar surface area (TPSA) is 37.3 Å². The van der Waals surface area contributed by atoms with E-state index < -0.39 is 5.97 Å². The Hall–Kier alpha value is -1.31. The fourth-order valence-corrected chi connectivity index (χ4v) is 3.17. The molecule has 1 fully saturated rings. The van der Waals surface area contributed by atoms with Crippen LogP contribution in [0.15, 0.2) is 30.3 Å². The first kappa shape index (κ1) is 13.1. The van der Waals surface area contributed by atoms with Gasteiger partial charge in [-0.15, -0.1) is 0 Å². The zero-order valence-electron chi connectivity index (χ0n) is 11.0. The highest BCUT2D eigenvalue weighted by Crippen LogP contribution is 2.35. The molecule has 2 rings (SSSR count). The molecule has 3 unspecified atom stereocenters. The van der Waals surface area contributed by atoms with Crippen LogP contribution in [-0.2, 0) is 11.2 Å². The molecular formula is C16H22O2. The lowest BCUT2D eigenvalue weighted by Gasteiger charge is -2.31. The van der Waals surface area contributed by atoms with Crippen LogP contribution in [0.1, 0.15) is 38.2 Å². The minimum absolute atomic E-state index is 0.213. The maximum Gasteiger partial charge on any atom is 0.307 e. The van der Waals surface area contributed by atoms with Gasteiger partial charge in [-0.25, -0.2) is 0 Å². The third-order valence-corrected chi connectivity index (χ3v) is 4.16. The molecule has 1 aromatic rings. The third-order valence-electron chi connectivity index (χ3n) is 4.16. The number of carbonyl (C=O) groups is 1. The van der Waals surface area contributed by atoms with E-state index in [1.165, 1.54) is 12.8 Å². The standard InChI is InChI=1S/C16H22O2/c1-12-6-5-9-14(10-12)15(16(17)18)11-13-7-3-2-4-8-13/h2-4,7-8,12,14-15H,5-6,9-11H2,1H3,(H,17,18). The second-order valence-corrected chi connectivity index (χ2v) is 5.67. The van der Waals surface area contributed by atoms with Crippen LogP contribution in [0.4, 0.5) is 0 Å². The van der Waals surface area contributed by atoms with Crippen molar-refractivity contribution in [1.29, 1.82) is 0 Å². The van der Waals surface area contributed by atoms with Crippen LogP contribution < -0.4 is 0 Å². The Bertz CT molecular complexity index is 385. The van der Waals surface area contributed by atoms with Crippen LogP contribution in [0.5, 0.6) is 0 Å². The van der Waals surface area contributed by atoms with Gasteiger partial charge in [0.1, 0.15) is 0 Å². The molecule has 2 heteroatoms.